The second-order valence-corrected chi connectivity index (χ2v) is 9.89. The maximum atomic E-state index is 13.3. The van der Waals surface area contributed by atoms with Crippen LogP contribution in [0.4, 0.5) is 10.5 Å². The number of nitrogens with zero attached hydrogens (tertiary/aromatic N) is 4. The number of carbonyl (C=O) groups excluding carboxylic acids is 4. The molecule has 0 radical (unpaired) electrons. The minimum Gasteiger partial charge on any atom is -0.444 e. The third kappa shape index (κ3) is 7.24. The molecule has 0 spiro atoms. The van der Waals surface area contributed by atoms with E-state index in [1.807, 2.05) is 26.0 Å². The topological polar surface area (TPSA) is 171 Å². The zero-order valence-corrected chi connectivity index (χ0v) is 21.7. The first-order chi connectivity index (χ1) is 17.5. The van der Waals surface area contributed by atoms with E-state index in [1.54, 1.807) is 32.9 Å². The Kier molecular flexibility index (Phi) is 8.79. The maximum Gasteiger partial charge on any atom is 0.408 e. The molecule has 3 rings (SSSR count). The van der Waals surface area contributed by atoms with Crippen molar-refractivity contribution in [3.63, 3.8) is 0 Å². The Labute approximate surface area is 215 Å². The molecule has 4 amide bonds. The predicted octanol–water partition coefficient (Wildman–Crippen LogP) is 0.829. The number of benzene rings is 1. The summed E-state index contributed by atoms with van der Waals surface area (Å²) in [7, 11) is 0. The number of nitrogens with one attached hydrogen (secondary N) is 4. The van der Waals surface area contributed by atoms with Crippen molar-refractivity contribution in [1.29, 1.82) is 0 Å². The van der Waals surface area contributed by atoms with E-state index in [0.29, 0.717) is 24.4 Å². The first-order valence-electron chi connectivity index (χ1n) is 12.2. The number of aromatic amines is 1. The van der Waals surface area contributed by atoms with Crippen molar-refractivity contribution < 1.29 is 23.9 Å². The fourth-order valence-electron chi connectivity index (χ4n) is 3.94. The molecule has 0 aliphatic carbocycles. The van der Waals surface area contributed by atoms with Gasteiger partial charge in [-0.1, -0.05) is 43.7 Å². The molecule has 1 aromatic carbocycles. The highest BCUT2D eigenvalue weighted by Gasteiger charge is 2.38. The van der Waals surface area contributed by atoms with Crippen LogP contribution in [0.5, 0.6) is 0 Å². The fraction of sp³-hybridized carbons (Fsp3) is 0.542. The summed E-state index contributed by atoms with van der Waals surface area (Å²) in [5.74, 6) is -1.26. The quantitative estimate of drug-likeness (QED) is 0.381. The molecule has 13 nitrogen and oxygen atoms in total. The van der Waals surface area contributed by atoms with Gasteiger partial charge in [-0.05, 0) is 38.3 Å². The molecule has 0 bridgehead atoms. The number of ether oxygens (including phenoxy) is 1. The van der Waals surface area contributed by atoms with Crippen LogP contribution in [0.3, 0.4) is 0 Å². The third-order valence-corrected chi connectivity index (χ3v) is 5.94. The van der Waals surface area contributed by atoms with Gasteiger partial charge in [-0.3, -0.25) is 19.3 Å². The minimum atomic E-state index is -0.896. The molecular weight excluding hydrogens is 480 g/mol. The summed E-state index contributed by atoms with van der Waals surface area (Å²) in [5, 5.41) is 21.3. The number of tetrazole rings is 1. The van der Waals surface area contributed by atoms with E-state index in [2.05, 4.69) is 36.6 Å². The van der Waals surface area contributed by atoms with Gasteiger partial charge in [0.25, 0.3) is 0 Å². The lowest BCUT2D eigenvalue weighted by atomic mass is 9.98. The molecule has 0 saturated heterocycles. The van der Waals surface area contributed by atoms with Gasteiger partial charge in [-0.25, -0.2) is 4.79 Å². The molecule has 0 fully saturated rings. The van der Waals surface area contributed by atoms with Gasteiger partial charge in [0.15, 0.2) is 5.82 Å². The van der Waals surface area contributed by atoms with Crippen LogP contribution in [0.25, 0.3) is 0 Å². The number of aromatic nitrogens is 4. The number of hydrogen-bond donors (Lipinski definition) is 4. The number of para-hydroxylation sites is 1. The summed E-state index contributed by atoms with van der Waals surface area (Å²) < 4.78 is 5.28. The Hall–Kier alpha value is -4.03. The molecule has 4 N–H and O–H groups in total. The number of anilines is 1. The molecule has 200 valence electrons. The smallest absolute Gasteiger partial charge is 0.408 e. The number of fused-ring (bicyclic) bond motifs is 1. The lowest BCUT2D eigenvalue weighted by Crippen LogP contribution is -2.54. The zero-order valence-electron chi connectivity index (χ0n) is 21.7. The van der Waals surface area contributed by atoms with Crippen LogP contribution in [0.15, 0.2) is 24.3 Å². The summed E-state index contributed by atoms with van der Waals surface area (Å²) in [4.78, 5) is 53.0. The maximum absolute atomic E-state index is 13.3. The second-order valence-electron chi connectivity index (χ2n) is 9.89. The molecule has 1 aromatic heterocycles. The molecule has 0 saturated carbocycles. The molecular formula is C24H34N8O5. The van der Waals surface area contributed by atoms with E-state index in [9.17, 15) is 19.2 Å². The fourth-order valence-corrected chi connectivity index (χ4v) is 3.94. The Morgan fingerprint density at radius 2 is 1.92 bits per heavy atom. The van der Waals surface area contributed by atoms with Crippen LogP contribution < -0.4 is 20.9 Å². The van der Waals surface area contributed by atoms with Crippen molar-refractivity contribution in [3.05, 3.63) is 35.7 Å². The van der Waals surface area contributed by atoms with Gasteiger partial charge < -0.3 is 20.7 Å². The van der Waals surface area contributed by atoms with Crippen LogP contribution in [0.1, 0.15) is 52.4 Å². The van der Waals surface area contributed by atoms with E-state index < -0.39 is 35.6 Å². The SMILES string of the molecule is CC[C@H](C)C(NC(=O)OC(C)(C)C)C(=O)NCC(=O)N1c2ccccc2C[C@H]1C(=O)NCc1nn[nH]n1. The first kappa shape index (κ1) is 27.6. The lowest BCUT2D eigenvalue weighted by molar-refractivity contribution is -0.128. The molecule has 37 heavy (non-hydrogen) atoms. The van der Waals surface area contributed by atoms with Crippen molar-refractivity contribution >= 4 is 29.5 Å². The molecule has 13 heteroatoms. The van der Waals surface area contributed by atoms with Crippen molar-refractivity contribution in [1.82, 2.24) is 36.6 Å². The monoisotopic (exact) mass is 514 g/mol. The Bertz CT molecular complexity index is 1110. The van der Waals surface area contributed by atoms with Gasteiger partial charge in [0, 0.05) is 12.1 Å². The van der Waals surface area contributed by atoms with Gasteiger partial charge in [0.05, 0.1) is 13.1 Å². The molecule has 1 aliphatic heterocycles. The number of hydrogen-bond acceptors (Lipinski definition) is 8. The van der Waals surface area contributed by atoms with E-state index in [1.165, 1.54) is 4.90 Å². The Balaban J connectivity index is 1.68. The average Bonchev–Trinajstić information content (AvgIpc) is 3.50. The van der Waals surface area contributed by atoms with Crippen LogP contribution in [-0.4, -0.2) is 68.7 Å². The van der Waals surface area contributed by atoms with E-state index in [-0.39, 0.29) is 24.9 Å². The van der Waals surface area contributed by atoms with Gasteiger partial charge >= 0.3 is 6.09 Å². The zero-order chi connectivity index (χ0) is 27.2. The molecule has 1 unspecified atom stereocenters. The highest BCUT2D eigenvalue weighted by atomic mass is 16.6. The van der Waals surface area contributed by atoms with Crippen LogP contribution >= 0.6 is 0 Å². The standard InChI is InChI=1S/C24H34N8O5/c1-6-14(2)20(27-23(36)37-24(3,4)5)22(35)26-13-19(33)32-16-10-8-7-9-15(16)11-17(32)21(34)25-12-18-28-30-31-29-18/h7-10,14,17,20H,6,11-13H2,1-5H3,(H,25,34)(H,26,35)(H,27,36)(H,28,29,30,31)/t14-,17-,20?/m0/s1. The summed E-state index contributed by atoms with van der Waals surface area (Å²) in [6.45, 7) is 8.60. The van der Waals surface area contributed by atoms with E-state index in [4.69, 9.17) is 4.74 Å². The Morgan fingerprint density at radius 1 is 1.19 bits per heavy atom. The van der Waals surface area contributed by atoms with Gasteiger partial charge in [0.1, 0.15) is 17.7 Å². The molecule has 2 heterocycles. The summed E-state index contributed by atoms with van der Waals surface area (Å²) in [6, 6.07) is 5.52. The minimum absolute atomic E-state index is 0.0495. The largest absolute Gasteiger partial charge is 0.444 e. The average molecular weight is 515 g/mol. The highest BCUT2D eigenvalue weighted by molar-refractivity contribution is 6.05. The molecule has 2 aromatic rings. The number of carbonyl (C=O) groups is 4. The molecule has 1 aliphatic rings. The third-order valence-electron chi connectivity index (χ3n) is 5.94. The van der Waals surface area contributed by atoms with E-state index in [0.717, 1.165) is 5.56 Å². The normalized spacial score (nSPS) is 16.4. The number of rotatable bonds is 9. The first-order valence-corrected chi connectivity index (χ1v) is 12.2. The van der Waals surface area contributed by atoms with Gasteiger partial charge in [-0.2, -0.15) is 5.21 Å². The summed E-state index contributed by atoms with van der Waals surface area (Å²) >= 11 is 0. The summed E-state index contributed by atoms with van der Waals surface area (Å²) in [6.07, 6.45) is 0.221. The van der Waals surface area contributed by atoms with Crippen molar-refractivity contribution in [2.24, 2.45) is 5.92 Å². The van der Waals surface area contributed by atoms with Gasteiger partial charge in [-0.15, -0.1) is 10.2 Å². The van der Waals surface area contributed by atoms with Gasteiger partial charge in [0.2, 0.25) is 17.7 Å². The summed E-state index contributed by atoms with van der Waals surface area (Å²) in [5.41, 5.74) is 0.719. The highest BCUT2D eigenvalue weighted by Crippen LogP contribution is 2.32. The Morgan fingerprint density at radius 3 is 2.57 bits per heavy atom. The second kappa shape index (κ2) is 11.8. The van der Waals surface area contributed by atoms with Crippen molar-refractivity contribution in [3.8, 4) is 0 Å². The van der Waals surface area contributed by atoms with Crippen LogP contribution in [0, 0.1) is 5.92 Å². The van der Waals surface area contributed by atoms with Crippen LogP contribution in [0.2, 0.25) is 0 Å². The lowest BCUT2D eigenvalue weighted by Gasteiger charge is -2.27. The predicted molar refractivity (Wildman–Crippen MR) is 133 cm³/mol. The van der Waals surface area contributed by atoms with Crippen molar-refractivity contribution in [2.45, 2.75) is 71.7 Å². The van der Waals surface area contributed by atoms with E-state index >= 15 is 0 Å². The number of alkyl carbamates (subject to hydrolysis) is 1. The number of amides is 4. The molecule has 3 atom stereocenters. The van der Waals surface area contributed by atoms with Crippen LogP contribution in [-0.2, 0) is 32.1 Å². The number of H-pyrrole nitrogens is 1. The van der Waals surface area contributed by atoms with Crippen molar-refractivity contribution in [2.75, 3.05) is 11.4 Å².